The Kier molecular flexibility index (Phi) is 1.71. The van der Waals surface area contributed by atoms with Crippen LogP contribution in [-0.2, 0) is 4.74 Å². The predicted octanol–water partition coefficient (Wildman–Crippen LogP) is 1.99. The highest BCUT2D eigenvalue weighted by Crippen LogP contribution is 2.23. The standard InChI is InChI=1S/C8H15NO/c1-6-5-8(3,4)9-7(2)10-6/h6H,5H2,1-4H3/t6-/m0/s1. The minimum atomic E-state index is 0.0851. The first kappa shape index (κ1) is 7.58. The lowest BCUT2D eigenvalue weighted by atomic mass is 9.97. The van der Waals surface area contributed by atoms with Crippen LogP contribution < -0.4 is 0 Å². The largest absolute Gasteiger partial charge is 0.478 e. The summed E-state index contributed by atoms with van der Waals surface area (Å²) in [7, 11) is 0. The lowest BCUT2D eigenvalue weighted by Crippen LogP contribution is -2.32. The van der Waals surface area contributed by atoms with Crippen LogP contribution in [0.4, 0.5) is 0 Å². The van der Waals surface area contributed by atoms with Gasteiger partial charge in [0, 0.05) is 13.3 Å². The van der Waals surface area contributed by atoms with Crippen molar-refractivity contribution in [3.63, 3.8) is 0 Å². The quantitative estimate of drug-likeness (QED) is 0.505. The van der Waals surface area contributed by atoms with Crippen molar-refractivity contribution in [1.82, 2.24) is 0 Å². The highest BCUT2D eigenvalue weighted by Gasteiger charge is 2.25. The molecule has 10 heavy (non-hydrogen) atoms. The number of hydrogen-bond acceptors (Lipinski definition) is 2. The molecule has 0 saturated carbocycles. The maximum Gasteiger partial charge on any atom is 0.180 e. The van der Waals surface area contributed by atoms with Gasteiger partial charge in [0.25, 0.3) is 0 Å². The summed E-state index contributed by atoms with van der Waals surface area (Å²) in [5.41, 5.74) is 0.0851. The van der Waals surface area contributed by atoms with Crippen molar-refractivity contribution in [3.05, 3.63) is 0 Å². The zero-order chi connectivity index (χ0) is 7.78. The Bertz CT molecular complexity index is 161. The molecule has 2 heteroatoms. The third kappa shape index (κ3) is 1.72. The van der Waals surface area contributed by atoms with E-state index in [0.717, 1.165) is 12.3 Å². The van der Waals surface area contributed by atoms with Crippen molar-refractivity contribution in [2.24, 2.45) is 4.99 Å². The van der Waals surface area contributed by atoms with E-state index in [1.807, 2.05) is 6.92 Å². The molecule has 1 aliphatic rings. The first-order chi connectivity index (χ1) is 4.49. The van der Waals surface area contributed by atoms with Crippen LogP contribution in [0.15, 0.2) is 4.99 Å². The monoisotopic (exact) mass is 141 g/mol. The normalized spacial score (nSPS) is 30.8. The molecule has 1 atom stereocenters. The smallest absolute Gasteiger partial charge is 0.180 e. The Labute approximate surface area is 62.3 Å². The van der Waals surface area contributed by atoms with E-state index in [0.29, 0.717) is 6.10 Å². The van der Waals surface area contributed by atoms with Gasteiger partial charge in [-0.2, -0.15) is 0 Å². The van der Waals surface area contributed by atoms with Crippen LogP contribution in [0.2, 0.25) is 0 Å². The molecule has 0 aromatic carbocycles. The Hall–Kier alpha value is -0.530. The number of nitrogens with zero attached hydrogens (tertiary/aromatic N) is 1. The first-order valence-electron chi connectivity index (χ1n) is 3.73. The van der Waals surface area contributed by atoms with Gasteiger partial charge >= 0.3 is 0 Å². The van der Waals surface area contributed by atoms with Gasteiger partial charge in [0.15, 0.2) is 5.90 Å². The highest BCUT2D eigenvalue weighted by molar-refractivity contribution is 5.74. The fraction of sp³-hybridized carbons (Fsp3) is 0.875. The Morgan fingerprint density at radius 3 is 2.60 bits per heavy atom. The number of hydrogen-bond donors (Lipinski definition) is 0. The zero-order valence-electron chi connectivity index (χ0n) is 7.14. The van der Waals surface area contributed by atoms with Crippen LogP contribution in [0.5, 0.6) is 0 Å². The van der Waals surface area contributed by atoms with Crippen LogP contribution in [0.3, 0.4) is 0 Å². The molecular weight excluding hydrogens is 126 g/mol. The molecule has 0 saturated heterocycles. The molecule has 58 valence electrons. The first-order valence-corrected chi connectivity index (χ1v) is 3.73. The lowest BCUT2D eigenvalue weighted by molar-refractivity contribution is 0.143. The Balaban J connectivity index is 2.74. The van der Waals surface area contributed by atoms with Crippen LogP contribution >= 0.6 is 0 Å². The molecular formula is C8H15NO. The van der Waals surface area contributed by atoms with Crippen molar-refractivity contribution < 1.29 is 4.74 Å². The van der Waals surface area contributed by atoms with Gasteiger partial charge in [-0.05, 0) is 20.8 Å². The Morgan fingerprint density at radius 2 is 2.20 bits per heavy atom. The summed E-state index contributed by atoms with van der Waals surface area (Å²) in [5.74, 6) is 0.823. The van der Waals surface area contributed by atoms with Crippen molar-refractivity contribution in [3.8, 4) is 0 Å². The maximum atomic E-state index is 5.37. The summed E-state index contributed by atoms with van der Waals surface area (Å²) in [4.78, 5) is 4.36. The molecule has 1 aliphatic heterocycles. The van der Waals surface area contributed by atoms with Gasteiger partial charge in [0.2, 0.25) is 0 Å². The molecule has 1 rings (SSSR count). The van der Waals surface area contributed by atoms with Gasteiger partial charge < -0.3 is 4.74 Å². The summed E-state index contributed by atoms with van der Waals surface area (Å²) >= 11 is 0. The maximum absolute atomic E-state index is 5.37. The molecule has 0 fully saturated rings. The molecule has 1 heterocycles. The van der Waals surface area contributed by atoms with E-state index in [1.165, 1.54) is 0 Å². The highest BCUT2D eigenvalue weighted by atomic mass is 16.5. The van der Waals surface area contributed by atoms with Crippen LogP contribution in [0.25, 0.3) is 0 Å². The van der Waals surface area contributed by atoms with Gasteiger partial charge in [0.05, 0.1) is 11.6 Å². The molecule has 0 spiro atoms. The van der Waals surface area contributed by atoms with Crippen LogP contribution in [-0.4, -0.2) is 17.5 Å². The molecule has 2 nitrogen and oxygen atoms in total. The molecule has 0 radical (unpaired) electrons. The van der Waals surface area contributed by atoms with Crippen molar-refractivity contribution in [2.75, 3.05) is 0 Å². The summed E-state index contributed by atoms with van der Waals surface area (Å²) < 4.78 is 5.37. The molecule has 0 aromatic heterocycles. The number of ether oxygens (including phenoxy) is 1. The Morgan fingerprint density at radius 1 is 1.60 bits per heavy atom. The number of rotatable bonds is 0. The summed E-state index contributed by atoms with van der Waals surface area (Å²) in [5, 5.41) is 0. The third-order valence-corrected chi connectivity index (χ3v) is 1.62. The van der Waals surface area contributed by atoms with E-state index in [1.54, 1.807) is 0 Å². The third-order valence-electron chi connectivity index (χ3n) is 1.62. The van der Waals surface area contributed by atoms with Gasteiger partial charge in [0.1, 0.15) is 0 Å². The minimum absolute atomic E-state index is 0.0851. The number of aliphatic imine (C=N–C) groups is 1. The van der Waals surface area contributed by atoms with E-state index < -0.39 is 0 Å². The molecule has 0 amide bonds. The second-order valence-corrected chi connectivity index (χ2v) is 3.58. The topological polar surface area (TPSA) is 21.6 Å². The van der Waals surface area contributed by atoms with E-state index in [2.05, 4.69) is 25.8 Å². The van der Waals surface area contributed by atoms with Crippen LogP contribution in [0.1, 0.15) is 34.1 Å². The average molecular weight is 141 g/mol. The van der Waals surface area contributed by atoms with Gasteiger partial charge in [-0.3, -0.25) is 0 Å². The van der Waals surface area contributed by atoms with Crippen molar-refractivity contribution in [2.45, 2.75) is 45.8 Å². The fourth-order valence-corrected chi connectivity index (χ4v) is 1.53. The summed E-state index contributed by atoms with van der Waals surface area (Å²) in [6.45, 7) is 8.27. The average Bonchev–Trinajstić information content (AvgIpc) is 1.54. The summed E-state index contributed by atoms with van der Waals surface area (Å²) in [6, 6.07) is 0. The zero-order valence-corrected chi connectivity index (χ0v) is 7.14. The SMILES string of the molecule is CC1=NC(C)(C)C[C@H](C)O1. The van der Waals surface area contributed by atoms with E-state index in [4.69, 9.17) is 4.74 Å². The molecule has 0 N–H and O–H groups in total. The van der Waals surface area contributed by atoms with Gasteiger partial charge in [-0.1, -0.05) is 0 Å². The minimum Gasteiger partial charge on any atom is -0.478 e. The molecule has 0 bridgehead atoms. The molecule has 0 aromatic rings. The lowest BCUT2D eigenvalue weighted by Gasteiger charge is -2.30. The molecule has 0 aliphatic carbocycles. The second kappa shape index (κ2) is 2.26. The van der Waals surface area contributed by atoms with Crippen molar-refractivity contribution in [1.29, 1.82) is 0 Å². The second-order valence-electron chi connectivity index (χ2n) is 3.58. The van der Waals surface area contributed by atoms with Gasteiger partial charge in [-0.15, -0.1) is 0 Å². The molecule has 0 unspecified atom stereocenters. The van der Waals surface area contributed by atoms with Crippen molar-refractivity contribution >= 4 is 5.90 Å². The predicted molar refractivity (Wildman–Crippen MR) is 42.4 cm³/mol. The summed E-state index contributed by atoms with van der Waals surface area (Å²) in [6.07, 6.45) is 1.34. The van der Waals surface area contributed by atoms with Crippen LogP contribution in [0, 0.1) is 0 Å². The van der Waals surface area contributed by atoms with E-state index in [-0.39, 0.29) is 5.54 Å². The van der Waals surface area contributed by atoms with E-state index >= 15 is 0 Å². The van der Waals surface area contributed by atoms with Gasteiger partial charge in [-0.25, -0.2) is 4.99 Å². The van der Waals surface area contributed by atoms with E-state index in [9.17, 15) is 0 Å². The fourth-order valence-electron chi connectivity index (χ4n) is 1.53.